The molecule has 138 valence electrons. The van der Waals surface area contributed by atoms with Crippen LogP contribution in [0.25, 0.3) is 0 Å². The summed E-state index contributed by atoms with van der Waals surface area (Å²) in [5.74, 6) is -0.170. The van der Waals surface area contributed by atoms with Gasteiger partial charge in [0.1, 0.15) is 5.82 Å². The van der Waals surface area contributed by atoms with Crippen molar-refractivity contribution in [2.75, 3.05) is 44.2 Å². The number of nitrogens with one attached hydrogen (secondary N) is 1. The van der Waals surface area contributed by atoms with E-state index in [2.05, 4.69) is 15.1 Å². The van der Waals surface area contributed by atoms with Crippen LogP contribution >= 0.6 is 11.6 Å². The Morgan fingerprint density at radius 3 is 2.31 bits per heavy atom. The molecule has 1 aliphatic rings. The largest absolute Gasteiger partial charge is 0.369 e. The summed E-state index contributed by atoms with van der Waals surface area (Å²) >= 11 is 5.87. The summed E-state index contributed by atoms with van der Waals surface area (Å²) in [4.78, 5) is 16.5. The highest BCUT2D eigenvalue weighted by molar-refractivity contribution is 6.30. The second-order valence-corrected chi connectivity index (χ2v) is 6.90. The molecule has 1 aliphatic heterocycles. The molecule has 6 heteroatoms. The first kappa shape index (κ1) is 18.7. The molecule has 1 heterocycles. The Kier molecular flexibility index (Phi) is 6.47. The molecular weight excluding hydrogens is 353 g/mol. The summed E-state index contributed by atoms with van der Waals surface area (Å²) in [7, 11) is 0. The molecule has 2 aromatic carbocycles. The fraction of sp³-hybridized carbons (Fsp3) is 0.350. The quantitative estimate of drug-likeness (QED) is 0.843. The van der Waals surface area contributed by atoms with Gasteiger partial charge in [0.05, 0.1) is 6.54 Å². The van der Waals surface area contributed by atoms with E-state index in [4.69, 9.17) is 11.6 Å². The third-order valence-electron chi connectivity index (χ3n) is 4.58. The Hall–Kier alpha value is -2.11. The van der Waals surface area contributed by atoms with E-state index < -0.39 is 0 Å². The summed E-state index contributed by atoms with van der Waals surface area (Å²) in [6.07, 6.45) is 0.793. The monoisotopic (exact) mass is 375 g/mol. The molecule has 1 amide bonds. The van der Waals surface area contributed by atoms with Gasteiger partial charge in [-0.05, 0) is 48.4 Å². The predicted octanol–water partition coefficient (Wildman–Crippen LogP) is 2.96. The van der Waals surface area contributed by atoms with E-state index in [1.54, 1.807) is 12.1 Å². The SMILES string of the molecule is O=C(CN1CCN(c2ccc(F)cc2)CC1)NCCc1ccc(Cl)cc1. The lowest BCUT2D eigenvalue weighted by Gasteiger charge is -2.35. The van der Waals surface area contributed by atoms with Gasteiger partial charge in [-0.25, -0.2) is 4.39 Å². The Balaban J connectivity index is 1.36. The van der Waals surface area contributed by atoms with E-state index in [0.29, 0.717) is 13.1 Å². The minimum Gasteiger partial charge on any atom is -0.369 e. The van der Waals surface area contributed by atoms with Gasteiger partial charge in [0, 0.05) is 43.4 Å². The minimum atomic E-state index is -0.220. The van der Waals surface area contributed by atoms with Crippen LogP contribution in [0.5, 0.6) is 0 Å². The molecule has 0 radical (unpaired) electrons. The van der Waals surface area contributed by atoms with Gasteiger partial charge in [0.25, 0.3) is 0 Å². The first-order valence-corrected chi connectivity index (χ1v) is 9.22. The standard InChI is InChI=1S/C20H23ClFN3O/c21-17-3-1-16(2-4-17)9-10-23-20(26)15-24-11-13-25(14-12-24)19-7-5-18(22)6-8-19/h1-8H,9-15H2,(H,23,26). The fourth-order valence-corrected chi connectivity index (χ4v) is 3.20. The summed E-state index contributed by atoms with van der Waals surface area (Å²) in [6.45, 7) is 4.35. The number of halogens is 2. The van der Waals surface area contributed by atoms with Crippen molar-refractivity contribution in [1.29, 1.82) is 0 Å². The van der Waals surface area contributed by atoms with Crippen LogP contribution in [0.3, 0.4) is 0 Å². The topological polar surface area (TPSA) is 35.6 Å². The van der Waals surface area contributed by atoms with E-state index in [-0.39, 0.29) is 11.7 Å². The van der Waals surface area contributed by atoms with Crippen molar-refractivity contribution in [2.45, 2.75) is 6.42 Å². The number of nitrogens with zero attached hydrogens (tertiary/aromatic N) is 2. The number of rotatable bonds is 6. The van der Waals surface area contributed by atoms with Gasteiger partial charge < -0.3 is 10.2 Å². The number of carbonyl (C=O) groups excluding carboxylic acids is 1. The van der Waals surface area contributed by atoms with Gasteiger partial charge in [0.15, 0.2) is 0 Å². The van der Waals surface area contributed by atoms with Crippen molar-refractivity contribution in [3.8, 4) is 0 Å². The maximum Gasteiger partial charge on any atom is 0.234 e. The fourth-order valence-electron chi connectivity index (χ4n) is 3.07. The Labute approximate surface area is 158 Å². The van der Waals surface area contributed by atoms with Crippen molar-refractivity contribution in [3.63, 3.8) is 0 Å². The minimum absolute atomic E-state index is 0.0502. The van der Waals surface area contributed by atoms with Crippen molar-refractivity contribution >= 4 is 23.2 Å². The Morgan fingerprint density at radius 2 is 1.65 bits per heavy atom. The Morgan fingerprint density at radius 1 is 1.00 bits per heavy atom. The van der Waals surface area contributed by atoms with Crippen LogP contribution in [0.1, 0.15) is 5.56 Å². The zero-order valence-corrected chi connectivity index (χ0v) is 15.4. The molecule has 0 spiro atoms. The molecular formula is C20H23ClFN3O. The molecule has 0 aliphatic carbocycles. The maximum atomic E-state index is 13.0. The normalized spacial score (nSPS) is 15.1. The van der Waals surface area contributed by atoms with E-state index in [9.17, 15) is 9.18 Å². The van der Waals surface area contributed by atoms with Crippen LogP contribution in [0, 0.1) is 5.82 Å². The zero-order valence-electron chi connectivity index (χ0n) is 14.6. The highest BCUT2D eigenvalue weighted by Gasteiger charge is 2.19. The van der Waals surface area contributed by atoms with Crippen LogP contribution in [0.2, 0.25) is 5.02 Å². The Bertz CT molecular complexity index is 713. The van der Waals surface area contributed by atoms with Gasteiger partial charge in [0.2, 0.25) is 5.91 Å². The molecule has 0 unspecified atom stereocenters. The van der Waals surface area contributed by atoms with Gasteiger partial charge in [-0.1, -0.05) is 23.7 Å². The van der Waals surface area contributed by atoms with E-state index >= 15 is 0 Å². The molecule has 1 fully saturated rings. The summed E-state index contributed by atoms with van der Waals surface area (Å²) in [6, 6.07) is 14.2. The highest BCUT2D eigenvalue weighted by Crippen LogP contribution is 2.16. The first-order chi connectivity index (χ1) is 12.6. The highest BCUT2D eigenvalue weighted by atomic mass is 35.5. The number of benzene rings is 2. The smallest absolute Gasteiger partial charge is 0.234 e. The first-order valence-electron chi connectivity index (χ1n) is 8.84. The number of hydrogen-bond donors (Lipinski definition) is 1. The second kappa shape index (κ2) is 9.01. The number of amides is 1. The van der Waals surface area contributed by atoms with E-state index in [1.165, 1.54) is 12.1 Å². The van der Waals surface area contributed by atoms with Gasteiger partial charge in [-0.15, -0.1) is 0 Å². The van der Waals surface area contributed by atoms with Crippen LogP contribution in [0.15, 0.2) is 48.5 Å². The van der Waals surface area contributed by atoms with Crippen LogP contribution in [-0.4, -0.2) is 50.1 Å². The average molecular weight is 376 g/mol. The number of piperazine rings is 1. The number of carbonyl (C=O) groups is 1. The lowest BCUT2D eigenvalue weighted by atomic mass is 10.1. The molecule has 0 bridgehead atoms. The van der Waals surface area contributed by atoms with Crippen LogP contribution < -0.4 is 10.2 Å². The van der Waals surface area contributed by atoms with Crippen molar-refractivity contribution < 1.29 is 9.18 Å². The summed E-state index contributed by atoms with van der Waals surface area (Å²) in [5.41, 5.74) is 2.18. The molecule has 1 N–H and O–H groups in total. The van der Waals surface area contributed by atoms with Crippen molar-refractivity contribution in [2.24, 2.45) is 0 Å². The summed E-state index contributed by atoms with van der Waals surface area (Å²) < 4.78 is 13.0. The lowest BCUT2D eigenvalue weighted by Crippen LogP contribution is -2.49. The third kappa shape index (κ3) is 5.44. The molecule has 0 aromatic heterocycles. The average Bonchev–Trinajstić information content (AvgIpc) is 2.65. The molecule has 3 rings (SSSR count). The zero-order chi connectivity index (χ0) is 18.4. The van der Waals surface area contributed by atoms with E-state index in [0.717, 1.165) is 48.9 Å². The van der Waals surface area contributed by atoms with Crippen molar-refractivity contribution in [1.82, 2.24) is 10.2 Å². The number of anilines is 1. The third-order valence-corrected chi connectivity index (χ3v) is 4.83. The molecule has 0 atom stereocenters. The van der Waals surface area contributed by atoms with Crippen LogP contribution in [0.4, 0.5) is 10.1 Å². The molecule has 4 nitrogen and oxygen atoms in total. The second-order valence-electron chi connectivity index (χ2n) is 6.47. The van der Waals surface area contributed by atoms with Crippen LogP contribution in [-0.2, 0) is 11.2 Å². The van der Waals surface area contributed by atoms with Gasteiger partial charge in [-0.2, -0.15) is 0 Å². The van der Waals surface area contributed by atoms with E-state index in [1.807, 2.05) is 24.3 Å². The predicted molar refractivity (Wildman–Crippen MR) is 103 cm³/mol. The molecule has 1 saturated heterocycles. The molecule has 2 aromatic rings. The lowest BCUT2D eigenvalue weighted by molar-refractivity contribution is -0.122. The molecule has 26 heavy (non-hydrogen) atoms. The van der Waals surface area contributed by atoms with Crippen molar-refractivity contribution in [3.05, 3.63) is 64.9 Å². The summed E-state index contributed by atoms with van der Waals surface area (Å²) in [5, 5.41) is 3.69. The number of hydrogen-bond acceptors (Lipinski definition) is 3. The maximum absolute atomic E-state index is 13.0. The van der Waals surface area contributed by atoms with Gasteiger partial charge >= 0.3 is 0 Å². The van der Waals surface area contributed by atoms with Gasteiger partial charge in [-0.3, -0.25) is 9.69 Å². The molecule has 0 saturated carbocycles.